The van der Waals surface area contributed by atoms with Crippen molar-refractivity contribution < 1.29 is 9.21 Å². The average molecular weight is 258 g/mol. The van der Waals surface area contributed by atoms with E-state index in [1.54, 1.807) is 12.3 Å². The minimum Gasteiger partial charge on any atom is -0.464 e. The van der Waals surface area contributed by atoms with Crippen LogP contribution in [0, 0.1) is 0 Å². The second-order valence-corrected chi connectivity index (χ2v) is 4.59. The molecule has 0 saturated carbocycles. The molecule has 1 aromatic heterocycles. The molecule has 1 N–H and O–H groups in total. The van der Waals surface area contributed by atoms with Crippen LogP contribution in [0.15, 0.2) is 47.1 Å². The van der Waals surface area contributed by atoms with Crippen molar-refractivity contribution in [3.05, 3.63) is 48.2 Å². The first-order valence-corrected chi connectivity index (χ1v) is 6.24. The monoisotopic (exact) mass is 258 g/mol. The lowest BCUT2D eigenvalue weighted by Crippen LogP contribution is -2.31. The lowest BCUT2D eigenvalue weighted by molar-refractivity contribution is 0.0951. The first-order valence-electron chi connectivity index (χ1n) is 6.24. The van der Waals surface area contributed by atoms with Crippen LogP contribution >= 0.6 is 0 Å². The number of rotatable bonds is 5. The van der Waals surface area contributed by atoms with E-state index in [1.165, 1.54) is 0 Å². The number of hydrogen-bond donors (Lipinski definition) is 1. The van der Waals surface area contributed by atoms with Gasteiger partial charge in [-0.1, -0.05) is 30.3 Å². The molecule has 100 valence electrons. The van der Waals surface area contributed by atoms with Crippen molar-refractivity contribution in [3.63, 3.8) is 0 Å². The molecule has 0 fully saturated rings. The van der Waals surface area contributed by atoms with E-state index in [0.29, 0.717) is 17.9 Å². The molecule has 1 aromatic carbocycles. The van der Waals surface area contributed by atoms with Gasteiger partial charge in [0.25, 0.3) is 5.91 Å². The summed E-state index contributed by atoms with van der Waals surface area (Å²) in [6.45, 7) is 1.43. The number of benzene rings is 1. The van der Waals surface area contributed by atoms with Crippen LogP contribution in [-0.2, 0) is 0 Å². The fourth-order valence-electron chi connectivity index (χ4n) is 1.79. The molecular weight excluding hydrogens is 240 g/mol. The normalized spacial score (nSPS) is 10.7. The number of nitrogens with one attached hydrogen (secondary N) is 1. The van der Waals surface area contributed by atoms with Gasteiger partial charge in [0.2, 0.25) is 0 Å². The number of nitrogens with zero attached hydrogens (tertiary/aromatic N) is 1. The first kappa shape index (κ1) is 13.4. The molecule has 0 aliphatic rings. The molecule has 0 radical (unpaired) electrons. The van der Waals surface area contributed by atoms with E-state index in [-0.39, 0.29) is 5.91 Å². The van der Waals surface area contributed by atoms with Crippen molar-refractivity contribution in [2.75, 3.05) is 27.2 Å². The molecule has 19 heavy (non-hydrogen) atoms. The number of furan rings is 1. The molecule has 4 nitrogen and oxygen atoms in total. The maximum Gasteiger partial charge on any atom is 0.255 e. The van der Waals surface area contributed by atoms with Crippen molar-refractivity contribution in [2.24, 2.45) is 0 Å². The highest BCUT2D eigenvalue weighted by Gasteiger charge is 2.15. The standard InChI is InChI=1S/C15H18N2O2/c1-17(2)10-9-16-15(18)13-8-11-19-14(13)12-6-4-3-5-7-12/h3-8,11H,9-10H2,1-2H3,(H,16,18). The second kappa shape index (κ2) is 6.20. The zero-order valence-corrected chi connectivity index (χ0v) is 11.2. The van der Waals surface area contributed by atoms with Crippen LogP contribution in [0.5, 0.6) is 0 Å². The van der Waals surface area contributed by atoms with Crippen molar-refractivity contribution in [2.45, 2.75) is 0 Å². The predicted molar refractivity (Wildman–Crippen MR) is 75.0 cm³/mol. The van der Waals surface area contributed by atoms with Crippen molar-refractivity contribution >= 4 is 5.91 Å². The van der Waals surface area contributed by atoms with Crippen LogP contribution in [0.2, 0.25) is 0 Å². The van der Waals surface area contributed by atoms with Crippen LogP contribution in [0.25, 0.3) is 11.3 Å². The van der Waals surface area contributed by atoms with Gasteiger partial charge in [-0.3, -0.25) is 4.79 Å². The Hall–Kier alpha value is -2.07. The maximum atomic E-state index is 12.1. The van der Waals surface area contributed by atoms with Gasteiger partial charge < -0.3 is 14.6 Å². The summed E-state index contributed by atoms with van der Waals surface area (Å²) < 4.78 is 5.43. The van der Waals surface area contributed by atoms with Crippen LogP contribution in [0.1, 0.15) is 10.4 Å². The second-order valence-electron chi connectivity index (χ2n) is 4.59. The Labute approximate surface area is 113 Å². The summed E-state index contributed by atoms with van der Waals surface area (Å²) in [5.74, 6) is 0.511. The van der Waals surface area contributed by atoms with Crippen molar-refractivity contribution in [3.8, 4) is 11.3 Å². The summed E-state index contributed by atoms with van der Waals surface area (Å²) in [5.41, 5.74) is 1.48. The third-order valence-electron chi connectivity index (χ3n) is 2.79. The highest BCUT2D eigenvalue weighted by atomic mass is 16.3. The summed E-state index contributed by atoms with van der Waals surface area (Å²) in [6.07, 6.45) is 1.54. The molecule has 0 aliphatic heterocycles. The van der Waals surface area contributed by atoms with Crippen molar-refractivity contribution in [1.82, 2.24) is 10.2 Å². The average Bonchev–Trinajstić information content (AvgIpc) is 2.88. The van der Waals surface area contributed by atoms with Gasteiger partial charge >= 0.3 is 0 Å². The highest BCUT2D eigenvalue weighted by Crippen LogP contribution is 2.24. The first-order chi connectivity index (χ1) is 9.18. The van der Waals surface area contributed by atoms with Gasteiger partial charge in [0, 0.05) is 18.7 Å². The summed E-state index contributed by atoms with van der Waals surface area (Å²) in [6, 6.07) is 11.3. The van der Waals surface area contributed by atoms with Gasteiger partial charge in [-0.15, -0.1) is 0 Å². The Morgan fingerprint density at radius 1 is 1.21 bits per heavy atom. The van der Waals surface area contributed by atoms with E-state index >= 15 is 0 Å². The molecule has 0 atom stereocenters. The van der Waals surface area contributed by atoms with E-state index in [4.69, 9.17) is 4.42 Å². The topological polar surface area (TPSA) is 45.5 Å². The summed E-state index contributed by atoms with van der Waals surface area (Å²) in [4.78, 5) is 14.1. The van der Waals surface area contributed by atoms with E-state index < -0.39 is 0 Å². The fraction of sp³-hybridized carbons (Fsp3) is 0.267. The molecule has 2 aromatic rings. The number of likely N-dealkylation sites (N-methyl/N-ethyl adjacent to an activating group) is 1. The molecule has 1 amide bonds. The quantitative estimate of drug-likeness (QED) is 0.894. The lowest BCUT2D eigenvalue weighted by Gasteiger charge is -2.10. The fourth-order valence-corrected chi connectivity index (χ4v) is 1.79. The van der Waals surface area contributed by atoms with Gasteiger partial charge in [0.1, 0.15) is 5.76 Å². The zero-order valence-electron chi connectivity index (χ0n) is 11.2. The smallest absolute Gasteiger partial charge is 0.255 e. The van der Waals surface area contributed by atoms with E-state index in [9.17, 15) is 4.79 Å². The van der Waals surface area contributed by atoms with Gasteiger partial charge in [0.15, 0.2) is 0 Å². The van der Waals surface area contributed by atoms with Gasteiger partial charge in [-0.2, -0.15) is 0 Å². The third kappa shape index (κ3) is 3.45. The number of amides is 1. The van der Waals surface area contributed by atoms with Crippen LogP contribution in [-0.4, -0.2) is 38.0 Å². The molecule has 2 rings (SSSR count). The number of carbonyl (C=O) groups is 1. The Morgan fingerprint density at radius 2 is 1.95 bits per heavy atom. The summed E-state index contributed by atoms with van der Waals surface area (Å²) >= 11 is 0. The minimum absolute atomic E-state index is 0.102. The van der Waals surface area contributed by atoms with Gasteiger partial charge in [-0.05, 0) is 20.2 Å². The van der Waals surface area contributed by atoms with Crippen LogP contribution < -0.4 is 5.32 Å². The number of carbonyl (C=O) groups excluding carboxylic acids is 1. The van der Waals surface area contributed by atoms with Crippen LogP contribution in [0.4, 0.5) is 0 Å². The molecule has 4 heteroatoms. The third-order valence-corrected chi connectivity index (χ3v) is 2.79. The Kier molecular flexibility index (Phi) is 4.36. The van der Waals surface area contributed by atoms with Gasteiger partial charge in [0.05, 0.1) is 11.8 Å². The van der Waals surface area contributed by atoms with E-state index in [0.717, 1.165) is 12.1 Å². The molecule has 0 unspecified atom stereocenters. The molecular formula is C15H18N2O2. The SMILES string of the molecule is CN(C)CCNC(=O)c1ccoc1-c1ccccc1. The minimum atomic E-state index is -0.102. The Bertz CT molecular complexity index is 532. The van der Waals surface area contributed by atoms with Gasteiger partial charge in [-0.25, -0.2) is 0 Å². The predicted octanol–water partition coefficient (Wildman–Crippen LogP) is 2.24. The van der Waals surface area contributed by atoms with Crippen LogP contribution in [0.3, 0.4) is 0 Å². The summed E-state index contributed by atoms with van der Waals surface area (Å²) in [5, 5.41) is 2.89. The largest absolute Gasteiger partial charge is 0.464 e. The van der Waals surface area contributed by atoms with Crippen molar-refractivity contribution in [1.29, 1.82) is 0 Å². The van der Waals surface area contributed by atoms with E-state index in [2.05, 4.69) is 5.32 Å². The molecule has 0 saturated heterocycles. The summed E-state index contributed by atoms with van der Waals surface area (Å²) in [7, 11) is 3.94. The molecule has 0 bridgehead atoms. The Balaban J connectivity index is 2.09. The molecule has 1 heterocycles. The Morgan fingerprint density at radius 3 is 2.63 bits per heavy atom. The highest BCUT2D eigenvalue weighted by molar-refractivity contribution is 5.99. The maximum absolute atomic E-state index is 12.1. The zero-order chi connectivity index (χ0) is 13.7. The van der Waals surface area contributed by atoms with E-state index in [1.807, 2.05) is 49.3 Å². The lowest BCUT2D eigenvalue weighted by atomic mass is 10.1. The molecule has 0 spiro atoms. The molecule has 0 aliphatic carbocycles. The number of hydrogen-bond acceptors (Lipinski definition) is 3.